The highest BCUT2D eigenvalue weighted by Crippen LogP contribution is 2.31. The molecule has 0 atom stereocenters. The van der Waals surface area contributed by atoms with Gasteiger partial charge in [-0.3, -0.25) is 4.79 Å². The summed E-state index contributed by atoms with van der Waals surface area (Å²) >= 11 is 0. The number of nitrogens with one attached hydrogen (secondary N) is 1. The Balaban J connectivity index is 1.61. The molecule has 182 valence electrons. The maximum atomic E-state index is 14.6. The third-order valence-electron chi connectivity index (χ3n) is 5.70. The molecule has 1 aromatic heterocycles. The minimum atomic E-state index is -4.83. The number of sulfonamides is 1. The largest absolute Gasteiger partial charge is 0.451 e. The fraction of sp³-hybridized carbons (Fsp3) is 0.318. The van der Waals surface area contributed by atoms with Crippen molar-refractivity contribution >= 4 is 38.3 Å². The molecule has 0 unspecified atom stereocenters. The van der Waals surface area contributed by atoms with Crippen molar-refractivity contribution in [2.45, 2.75) is 31.0 Å². The number of carbonyl (C=O) groups excluding carboxylic acids is 1. The first kappa shape index (κ1) is 23.9. The van der Waals surface area contributed by atoms with Crippen LogP contribution in [0.3, 0.4) is 0 Å². The van der Waals surface area contributed by atoms with Crippen LogP contribution in [-0.2, 0) is 10.0 Å². The van der Waals surface area contributed by atoms with Crippen molar-refractivity contribution in [2.24, 2.45) is 0 Å². The summed E-state index contributed by atoms with van der Waals surface area (Å²) in [6, 6.07) is 5.28. The van der Waals surface area contributed by atoms with E-state index in [9.17, 15) is 30.8 Å². The maximum Gasteiger partial charge on any atom is 0.300 e. The molecule has 0 bridgehead atoms. The fourth-order valence-corrected chi connectivity index (χ4v) is 4.55. The first-order chi connectivity index (χ1) is 15.9. The third kappa shape index (κ3) is 4.17. The molecule has 1 saturated heterocycles. The lowest BCUT2D eigenvalue weighted by Crippen LogP contribution is -2.48. The summed E-state index contributed by atoms with van der Waals surface area (Å²) in [5.74, 6) is -5.64. The van der Waals surface area contributed by atoms with Gasteiger partial charge in [-0.15, -0.1) is 0 Å². The number of anilines is 2. The van der Waals surface area contributed by atoms with Crippen LogP contribution in [0.15, 0.2) is 39.6 Å². The molecule has 0 spiro atoms. The van der Waals surface area contributed by atoms with Gasteiger partial charge in [-0.1, -0.05) is 0 Å². The molecule has 12 heteroatoms. The number of amides is 1. The lowest BCUT2D eigenvalue weighted by Gasteiger charge is -2.36. The Kier molecular flexibility index (Phi) is 5.96. The number of hydrogen-bond donors (Lipinski definition) is 1. The van der Waals surface area contributed by atoms with Crippen molar-refractivity contribution in [2.75, 3.05) is 29.9 Å². The van der Waals surface area contributed by atoms with Gasteiger partial charge in [0.05, 0.1) is 24.2 Å². The Morgan fingerprint density at radius 2 is 1.82 bits per heavy atom. The van der Waals surface area contributed by atoms with Crippen molar-refractivity contribution in [3.05, 3.63) is 53.5 Å². The molecule has 34 heavy (non-hydrogen) atoms. The summed E-state index contributed by atoms with van der Waals surface area (Å²) in [5.41, 5.74) is 0.137. The van der Waals surface area contributed by atoms with Gasteiger partial charge in [-0.05, 0) is 32.0 Å². The number of carbonyl (C=O) groups is 1. The molecule has 0 saturated carbocycles. The Morgan fingerprint density at radius 3 is 2.44 bits per heavy atom. The van der Waals surface area contributed by atoms with E-state index in [1.54, 1.807) is 23.5 Å². The van der Waals surface area contributed by atoms with E-state index in [4.69, 9.17) is 4.42 Å². The van der Waals surface area contributed by atoms with Gasteiger partial charge >= 0.3 is 5.91 Å². The van der Waals surface area contributed by atoms with Gasteiger partial charge in [0.15, 0.2) is 17.4 Å². The highest BCUT2D eigenvalue weighted by Gasteiger charge is 2.30. The van der Waals surface area contributed by atoms with Crippen LogP contribution in [0, 0.1) is 17.5 Å². The van der Waals surface area contributed by atoms with Crippen LogP contribution in [0.4, 0.5) is 28.9 Å². The van der Waals surface area contributed by atoms with Crippen LogP contribution in [0.25, 0.3) is 11.0 Å². The molecule has 1 aliphatic heterocycles. The van der Waals surface area contributed by atoms with Gasteiger partial charge in [0, 0.05) is 30.9 Å². The molecule has 2 heterocycles. The van der Waals surface area contributed by atoms with Crippen LogP contribution in [0.1, 0.15) is 24.4 Å². The number of hydrogen-bond acceptors (Lipinski definition) is 6. The second-order valence-electron chi connectivity index (χ2n) is 8.30. The van der Waals surface area contributed by atoms with E-state index in [2.05, 4.69) is 0 Å². The normalized spacial score (nSPS) is 14.5. The van der Waals surface area contributed by atoms with E-state index in [-0.39, 0.29) is 35.8 Å². The second kappa shape index (κ2) is 8.49. The van der Waals surface area contributed by atoms with Gasteiger partial charge in [0.1, 0.15) is 22.5 Å². The van der Waals surface area contributed by atoms with Crippen LogP contribution in [0.2, 0.25) is 0 Å². The Hall–Kier alpha value is -3.28. The molecular weight excluding hydrogens is 478 g/mol. The van der Waals surface area contributed by atoms with Crippen LogP contribution < -0.4 is 14.5 Å². The first-order valence-electron chi connectivity index (χ1n) is 10.3. The van der Waals surface area contributed by atoms with Gasteiger partial charge in [-0.2, -0.15) is 0 Å². The summed E-state index contributed by atoms with van der Waals surface area (Å²) < 4.78 is 88.8. The molecule has 0 radical (unpaired) electrons. The molecule has 0 aliphatic carbocycles. The zero-order valence-corrected chi connectivity index (χ0v) is 19.2. The second-order valence-corrected chi connectivity index (χ2v) is 9.95. The molecule has 1 N–H and O–H groups in total. The molecule has 7 nitrogen and oxygen atoms in total. The Bertz CT molecular complexity index is 1380. The van der Waals surface area contributed by atoms with E-state index in [0.29, 0.717) is 5.69 Å². The maximum absolute atomic E-state index is 14.6. The van der Waals surface area contributed by atoms with Crippen molar-refractivity contribution < 1.29 is 35.2 Å². The summed E-state index contributed by atoms with van der Waals surface area (Å²) in [4.78, 5) is 14.4. The number of benzene rings is 2. The molecule has 4 rings (SSSR count). The first-order valence-corrected chi connectivity index (χ1v) is 11.8. The molecule has 2 aromatic carbocycles. The van der Waals surface area contributed by atoms with E-state index in [1.807, 2.05) is 0 Å². The average molecular weight is 499 g/mol. The van der Waals surface area contributed by atoms with E-state index in [0.717, 1.165) is 24.3 Å². The molecule has 1 aliphatic rings. The monoisotopic (exact) mass is 499 g/mol. The number of alkyl halides is 1. The van der Waals surface area contributed by atoms with Crippen LogP contribution >= 0.6 is 0 Å². The molecular formula is C22H21F4N3O4S. The van der Waals surface area contributed by atoms with Crippen LogP contribution in [-0.4, -0.2) is 46.7 Å². The van der Waals surface area contributed by atoms with Crippen molar-refractivity contribution in [1.29, 1.82) is 0 Å². The van der Waals surface area contributed by atoms with Gasteiger partial charge in [0.2, 0.25) is 0 Å². The quantitative estimate of drug-likeness (QED) is 0.517. The zero-order valence-electron chi connectivity index (χ0n) is 18.4. The summed E-state index contributed by atoms with van der Waals surface area (Å²) in [7, 11) is -3.31. The zero-order chi connectivity index (χ0) is 24.9. The number of fused-ring (bicyclic) bond motifs is 1. The highest BCUT2D eigenvalue weighted by molar-refractivity contribution is 7.90. The SMILES string of the molecule is CC(C)N(C)c1ccc(S(=O)(=O)NC(=O)c2cc3c(F)cc(N4CC(F)C4)cc3o2)c(F)c1F. The smallest absolute Gasteiger partial charge is 0.300 e. The topological polar surface area (TPSA) is 82.9 Å². The minimum Gasteiger partial charge on any atom is -0.451 e. The van der Waals surface area contributed by atoms with Crippen molar-refractivity contribution in [1.82, 2.24) is 4.72 Å². The predicted molar refractivity (Wildman–Crippen MR) is 118 cm³/mol. The van der Waals surface area contributed by atoms with Gasteiger partial charge in [0.25, 0.3) is 10.0 Å². The van der Waals surface area contributed by atoms with Crippen molar-refractivity contribution in [3.8, 4) is 0 Å². The van der Waals surface area contributed by atoms with Crippen molar-refractivity contribution in [3.63, 3.8) is 0 Å². The Morgan fingerprint density at radius 1 is 1.15 bits per heavy atom. The predicted octanol–water partition coefficient (Wildman–Crippen LogP) is 3.97. The lowest BCUT2D eigenvalue weighted by molar-refractivity contribution is 0.0956. The fourth-order valence-electron chi connectivity index (χ4n) is 3.52. The number of halogens is 4. The molecule has 3 aromatic rings. The molecule has 1 fully saturated rings. The number of rotatable bonds is 6. The summed E-state index contributed by atoms with van der Waals surface area (Å²) in [6.07, 6.45) is -1.02. The average Bonchev–Trinajstić information content (AvgIpc) is 3.17. The number of nitrogens with zero attached hydrogens (tertiary/aromatic N) is 2. The standard InChI is InChI=1S/C22H21F4N3O4S/c1-11(2)28(3)16-4-5-19(21(26)20(16)25)34(31,32)27-22(30)18-8-14-15(24)6-13(7-17(14)33-18)29-9-12(23)10-29/h4-8,11-12H,9-10H2,1-3H3,(H,27,30). The molecule has 1 amide bonds. The van der Waals surface area contributed by atoms with Gasteiger partial charge in [-0.25, -0.2) is 30.7 Å². The Labute approximate surface area is 193 Å². The third-order valence-corrected chi connectivity index (χ3v) is 7.04. The van der Waals surface area contributed by atoms with E-state index in [1.165, 1.54) is 18.0 Å². The minimum absolute atomic E-state index is 0.0573. The highest BCUT2D eigenvalue weighted by atomic mass is 32.2. The van der Waals surface area contributed by atoms with E-state index >= 15 is 0 Å². The summed E-state index contributed by atoms with van der Waals surface area (Å²) in [6.45, 7) is 3.65. The van der Waals surface area contributed by atoms with E-state index < -0.39 is 50.2 Å². The van der Waals surface area contributed by atoms with Crippen LogP contribution in [0.5, 0.6) is 0 Å². The number of furan rings is 1. The summed E-state index contributed by atoms with van der Waals surface area (Å²) in [5, 5.41) is -0.0954. The van der Waals surface area contributed by atoms with Gasteiger partial charge < -0.3 is 14.2 Å². The lowest BCUT2D eigenvalue weighted by atomic mass is 10.1.